The predicted molar refractivity (Wildman–Crippen MR) is 124 cm³/mol. The number of fused-ring (bicyclic) bond motifs is 1. The van der Waals surface area contributed by atoms with E-state index in [1.54, 1.807) is 0 Å². The summed E-state index contributed by atoms with van der Waals surface area (Å²) in [6.45, 7) is 12.4. The van der Waals surface area contributed by atoms with Crippen LogP contribution in [0.4, 0.5) is 0 Å². The van der Waals surface area contributed by atoms with Crippen molar-refractivity contribution in [2.45, 2.75) is 66.6 Å². The van der Waals surface area contributed by atoms with Crippen LogP contribution >= 0.6 is 0 Å². The second-order valence-corrected chi connectivity index (χ2v) is 10.0. The van der Waals surface area contributed by atoms with Crippen LogP contribution in [0.5, 0.6) is 0 Å². The molecule has 1 N–H and O–H groups in total. The summed E-state index contributed by atoms with van der Waals surface area (Å²) in [5.41, 5.74) is 2.15. The number of rotatable bonds is 6. The summed E-state index contributed by atoms with van der Waals surface area (Å²) >= 11 is 0. The average molecular weight is 425 g/mol. The molecule has 0 spiro atoms. The van der Waals surface area contributed by atoms with Crippen molar-refractivity contribution in [1.29, 1.82) is 0 Å². The molecular formula is C25H36N4O2. The smallest absolute Gasteiger partial charge is 0.224 e. The lowest BCUT2D eigenvalue weighted by atomic mass is 9.76. The van der Waals surface area contributed by atoms with E-state index in [0.29, 0.717) is 12.2 Å². The van der Waals surface area contributed by atoms with E-state index >= 15 is 0 Å². The number of benzene rings is 1. The molecular weight excluding hydrogens is 388 g/mol. The molecule has 6 nitrogen and oxygen atoms in total. The third-order valence-electron chi connectivity index (χ3n) is 5.89. The van der Waals surface area contributed by atoms with Gasteiger partial charge in [0.2, 0.25) is 5.91 Å². The van der Waals surface area contributed by atoms with Crippen molar-refractivity contribution in [2.24, 2.45) is 11.3 Å². The summed E-state index contributed by atoms with van der Waals surface area (Å²) < 4.78 is 2.20. The van der Waals surface area contributed by atoms with Crippen LogP contribution in [0.2, 0.25) is 0 Å². The van der Waals surface area contributed by atoms with Gasteiger partial charge in [-0.25, -0.2) is 4.98 Å². The molecule has 0 aliphatic carbocycles. The van der Waals surface area contributed by atoms with Gasteiger partial charge >= 0.3 is 0 Å². The van der Waals surface area contributed by atoms with E-state index in [1.807, 2.05) is 65.0 Å². The van der Waals surface area contributed by atoms with Crippen molar-refractivity contribution in [3.05, 3.63) is 41.7 Å². The molecule has 0 radical (unpaired) electrons. The molecule has 1 aromatic heterocycles. The lowest BCUT2D eigenvalue weighted by Gasteiger charge is -2.30. The third kappa shape index (κ3) is 5.42. The molecule has 1 atom stereocenters. The van der Waals surface area contributed by atoms with Gasteiger partial charge < -0.3 is 14.8 Å². The highest BCUT2D eigenvalue weighted by Crippen LogP contribution is 2.32. The fraction of sp³-hybridized carbons (Fsp3) is 0.560. The number of ketones is 1. The Morgan fingerprint density at radius 3 is 2.42 bits per heavy atom. The number of hydrogen-bond acceptors (Lipinski definition) is 4. The fourth-order valence-corrected chi connectivity index (χ4v) is 4.21. The second-order valence-electron chi connectivity index (χ2n) is 10.0. The van der Waals surface area contributed by atoms with Crippen molar-refractivity contribution in [3.63, 3.8) is 0 Å². The minimum absolute atomic E-state index is 0.0367. The first-order chi connectivity index (χ1) is 14.6. The van der Waals surface area contributed by atoms with Gasteiger partial charge in [0.1, 0.15) is 11.5 Å². The van der Waals surface area contributed by atoms with E-state index in [1.165, 1.54) is 0 Å². The quantitative estimate of drug-likeness (QED) is 0.708. The summed E-state index contributed by atoms with van der Waals surface area (Å²) in [6.07, 6.45) is 1.17. The second kappa shape index (κ2) is 9.35. The van der Waals surface area contributed by atoms with Crippen LogP contribution < -0.4 is 5.32 Å². The zero-order valence-corrected chi connectivity index (χ0v) is 19.7. The SMILES string of the molecule is CC(C)NC(=O)[C@@H](CC(=O)c1nc(-c2ccccc2)n2c1CN(C)CCC2)C(C)(C)C. The molecule has 3 rings (SSSR count). The van der Waals surface area contributed by atoms with Crippen molar-refractivity contribution >= 4 is 11.7 Å². The molecule has 1 aliphatic heterocycles. The van der Waals surface area contributed by atoms with E-state index in [4.69, 9.17) is 4.98 Å². The Morgan fingerprint density at radius 2 is 1.81 bits per heavy atom. The molecule has 168 valence electrons. The van der Waals surface area contributed by atoms with Crippen LogP contribution in [0, 0.1) is 11.3 Å². The van der Waals surface area contributed by atoms with E-state index in [0.717, 1.165) is 36.6 Å². The van der Waals surface area contributed by atoms with E-state index < -0.39 is 5.92 Å². The number of nitrogens with one attached hydrogen (secondary N) is 1. The van der Waals surface area contributed by atoms with Crippen molar-refractivity contribution in [1.82, 2.24) is 19.8 Å². The number of Topliss-reactive ketones (excluding diaryl/α,β-unsaturated/α-hetero) is 1. The van der Waals surface area contributed by atoms with Gasteiger partial charge in [-0.05, 0) is 39.3 Å². The standard InChI is InChI=1S/C25H36N4O2/c1-17(2)26-24(31)19(25(3,4)5)15-21(30)22-20-16-28(6)13-10-14-29(20)23(27-22)18-11-8-7-9-12-18/h7-9,11-12,17,19H,10,13-16H2,1-6H3,(H,26,31)/t19-/m1/s1. The first-order valence-corrected chi connectivity index (χ1v) is 11.2. The molecule has 6 heteroatoms. The Bertz CT molecular complexity index is 925. The Labute approximate surface area is 186 Å². The van der Waals surface area contributed by atoms with Crippen LogP contribution in [-0.4, -0.2) is 45.8 Å². The summed E-state index contributed by atoms with van der Waals surface area (Å²) in [4.78, 5) is 33.5. The highest BCUT2D eigenvalue weighted by molar-refractivity contribution is 5.99. The first-order valence-electron chi connectivity index (χ1n) is 11.2. The minimum atomic E-state index is -0.413. The normalized spacial score (nSPS) is 16.0. The summed E-state index contributed by atoms with van der Waals surface area (Å²) in [6, 6.07) is 10.1. The molecule has 1 aliphatic rings. The number of carbonyl (C=O) groups is 2. The minimum Gasteiger partial charge on any atom is -0.354 e. The predicted octanol–water partition coefficient (Wildman–Crippen LogP) is 4.15. The molecule has 0 bridgehead atoms. The van der Waals surface area contributed by atoms with Crippen LogP contribution in [0.25, 0.3) is 11.4 Å². The summed E-state index contributed by atoms with van der Waals surface area (Å²) in [5, 5.41) is 2.99. The van der Waals surface area contributed by atoms with E-state index in [-0.39, 0.29) is 29.6 Å². The maximum absolute atomic E-state index is 13.6. The Morgan fingerprint density at radius 1 is 1.13 bits per heavy atom. The maximum Gasteiger partial charge on any atom is 0.224 e. The molecule has 31 heavy (non-hydrogen) atoms. The zero-order chi connectivity index (χ0) is 22.8. The van der Waals surface area contributed by atoms with Gasteiger partial charge in [-0.2, -0.15) is 0 Å². The molecule has 2 heterocycles. The molecule has 1 aromatic carbocycles. The summed E-state index contributed by atoms with van der Waals surface area (Å²) in [7, 11) is 2.08. The zero-order valence-electron chi connectivity index (χ0n) is 19.7. The summed E-state index contributed by atoms with van der Waals surface area (Å²) in [5.74, 6) is 0.304. The van der Waals surface area contributed by atoms with Gasteiger partial charge in [0.25, 0.3) is 0 Å². The van der Waals surface area contributed by atoms with Gasteiger partial charge in [-0.1, -0.05) is 51.1 Å². The van der Waals surface area contributed by atoms with E-state index in [9.17, 15) is 9.59 Å². The van der Waals surface area contributed by atoms with Gasteiger partial charge in [0.15, 0.2) is 5.78 Å². The molecule has 0 unspecified atom stereocenters. The molecule has 0 saturated carbocycles. The lowest BCUT2D eigenvalue weighted by Crippen LogP contribution is -2.42. The molecule has 0 saturated heterocycles. The lowest BCUT2D eigenvalue weighted by molar-refractivity contribution is -0.128. The monoisotopic (exact) mass is 424 g/mol. The number of amides is 1. The number of aromatic nitrogens is 2. The Balaban J connectivity index is 2.00. The van der Waals surface area contributed by atoms with Crippen LogP contribution in [0.1, 0.15) is 63.6 Å². The van der Waals surface area contributed by atoms with Crippen LogP contribution in [0.15, 0.2) is 30.3 Å². The van der Waals surface area contributed by atoms with Crippen LogP contribution in [-0.2, 0) is 17.9 Å². The fourth-order valence-electron chi connectivity index (χ4n) is 4.21. The van der Waals surface area contributed by atoms with Crippen molar-refractivity contribution in [3.8, 4) is 11.4 Å². The highest BCUT2D eigenvalue weighted by Gasteiger charge is 2.35. The number of imidazole rings is 1. The maximum atomic E-state index is 13.6. The van der Waals surface area contributed by atoms with Gasteiger partial charge in [0, 0.05) is 31.1 Å². The molecule has 2 aromatic rings. The first kappa shape index (κ1) is 23.2. The van der Waals surface area contributed by atoms with Gasteiger partial charge in [0.05, 0.1) is 11.6 Å². The molecule has 1 amide bonds. The Hall–Kier alpha value is -2.47. The number of carbonyl (C=O) groups excluding carboxylic acids is 2. The van der Waals surface area contributed by atoms with Gasteiger partial charge in [-0.15, -0.1) is 0 Å². The largest absolute Gasteiger partial charge is 0.354 e. The van der Waals surface area contributed by atoms with Gasteiger partial charge in [-0.3, -0.25) is 9.59 Å². The van der Waals surface area contributed by atoms with Crippen molar-refractivity contribution < 1.29 is 9.59 Å². The number of nitrogens with zero attached hydrogens (tertiary/aromatic N) is 3. The Kier molecular flexibility index (Phi) is 6.99. The average Bonchev–Trinajstić information content (AvgIpc) is 2.92. The molecule has 0 fully saturated rings. The topological polar surface area (TPSA) is 67.2 Å². The van der Waals surface area contributed by atoms with Crippen molar-refractivity contribution in [2.75, 3.05) is 13.6 Å². The van der Waals surface area contributed by atoms with E-state index in [2.05, 4.69) is 21.8 Å². The number of hydrogen-bond donors (Lipinski definition) is 1. The van der Waals surface area contributed by atoms with Crippen LogP contribution in [0.3, 0.4) is 0 Å². The highest BCUT2D eigenvalue weighted by atomic mass is 16.2. The third-order valence-corrected chi connectivity index (χ3v) is 5.89.